The number of aliphatic hydroxyl groups excluding tert-OH is 2. The molecule has 2 aliphatic heterocycles. The predicted molar refractivity (Wildman–Crippen MR) is 124 cm³/mol. The number of aryl methyl sites for hydroxylation is 2. The molecule has 0 aromatic heterocycles. The van der Waals surface area contributed by atoms with Gasteiger partial charge in [-0.05, 0) is 25.3 Å². The van der Waals surface area contributed by atoms with Crippen LogP contribution in [-0.4, -0.2) is 47.3 Å². The topological polar surface area (TPSA) is 77.4 Å². The third-order valence-electron chi connectivity index (χ3n) is 6.26. The van der Waals surface area contributed by atoms with E-state index in [0.29, 0.717) is 6.42 Å². The van der Waals surface area contributed by atoms with Gasteiger partial charge in [0.2, 0.25) is 0 Å². The van der Waals surface area contributed by atoms with Crippen LogP contribution in [0.5, 0.6) is 0 Å². The zero-order chi connectivity index (χ0) is 23.4. The van der Waals surface area contributed by atoms with E-state index in [9.17, 15) is 10.2 Å². The Morgan fingerprint density at radius 3 is 2.12 bits per heavy atom. The van der Waals surface area contributed by atoms with Crippen molar-refractivity contribution in [3.05, 3.63) is 83.4 Å². The highest BCUT2D eigenvalue weighted by Gasteiger charge is 2.51. The van der Waals surface area contributed by atoms with Crippen molar-refractivity contribution in [3.8, 4) is 0 Å². The van der Waals surface area contributed by atoms with E-state index in [1.54, 1.807) is 6.08 Å². The molecule has 7 unspecified atom stereocenters. The smallest absolute Gasteiger partial charge is 0.184 e. The second-order valence-corrected chi connectivity index (χ2v) is 8.82. The quantitative estimate of drug-likeness (QED) is 0.584. The number of hydrogen-bond donors (Lipinski definition) is 2. The second-order valence-electron chi connectivity index (χ2n) is 8.82. The molecule has 0 radical (unpaired) electrons. The average Bonchev–Trinajstić information content (AvgIpc) is 2.84. The van der Waals surface area contributed by atoms with E-state index in [-0.39, 0.29) is 6.10 Å². The van der Waals surface area contributed by atoms with Crippen LogP contribution in [-0.2, 0) is 25.4 Å². The molecule has 2 saturated heterocycles. The number of hydrogen-bond acceptors (Lipinski definition) is 6. The number of aliphatic hydroxyl groups is 2. The van der Waals surface area contributed by atoms with Crippen molar-refractivity contribution >= 4 is 0 Å². The van der Waals surface area contributed by atoms with Crippen LogP contribution in [0.2, 0.25) is 0 Å². The van der Waals surface area contributed by atoms with E-state index in [2.05, 4.69) is 25.6 Å². The van der Waals surface area contributed by atoms with Gasteiger partial charge in [0, 0.05) is 11.1 Å². The predicted octanol–water partition coefficient (Wildman–Crippen LogP) is 4.14. The van der Waals surface area contributed by atoms with E-state index in [0.717, 1.165) is 29.5 Å². The molecule has 33 heavy (non-hydrogen) atoms. The van der Waals surface area contributed by atoms with Crippen LogP contribution in [0.3, 0.4) is 0 Å². The third kappa shape index (κ3) is 5.38. The van der Waals surface area contributed by atoms with Crippen molar-refractivity contribution in [2.75, 3.05) is 6.61 Å². The van der Waals surface area contributed by atoms with E-state index >= 15 is 0 Å². The molecule has 178 valence electrons. The molecule has 2 aromatic rings. The largest absolute Gasteiger partial charge is 0.394 e. The van der Waals surface area contributed by atoms with Gasteiger partial charge in [0.05, 0.1) is 12.7 Å². The van der Waals surface area contributed by atoms with Gasteiger partial charge in [-0.15, -0.1) is 6.58 Å². The summed E-state index contributed by atoms with van der Waals surface area (Å²) in [6.07, 6.45) is -0.268. The van der Waals surface area contributed by atoms with Gasteiger partial charge in [-0.2, -0.15) is 0 Å². The fraction of sp³-hybridized carbons (Fsp3) is 0.481. The number of ether oxygens (including phenoxy) is 4. The van der Waals surface area contributed by atoms with Gasteiger partial charge in [0.15, 0.2) is 12.6 Å². The fourth-order valence-electron chi connectivity index (χ4n) is 4.46. The lowest BCUT2D eigenvalue weighted by molar-refractivity contribution is -0.390. The summed E-state index contributed by atoms with van der Waals surface area (Å²) in [6.45, 7) is 7.61. The summed E-state index contributed by atoms with van der Waals surface area (Å²) in [5.74, 6) is 0. The molecule has 2 aliphatic rings. The van der Waals surface area contributed by atoms with E-state index in [4.69, 9.17) is 18.9 Å². The van der Waals surface area contributed by atoms with Crippen molar-refractivity contribution in [1.29, 1.82) is 0 Å². The van der Waals surface area contributed by atoms with Gasteiger partial charge in [0.1, 0.15) is 24.4 Å². The standard InChI is InChI=1S/C27H34O6/c1-4-6-18-10-14-20(15-11-18)27-31-23(21(29)16-28)25-24(32-27)22(7-5-2)30-26(33-25)19-12-8-17(3)9-13-19/h5,8-15,21-29H,2,4,6-7,16H2,1,3H3. The summed E-state index contributed by atoms with van der Waals surface area (Å²) in [6, 6.07) is 16.0. The maximum Gasteiger partial charge on any atom is 0.184 e. The molecule has 2 aromatic carbocycles. The highest BCUT2D eigenvalue weighted by atomic mass is 16.8. The normalized spacial score (nSPS) is 30.4. The Balaban J connectivity index is 1.62. The molecule has 0 amide bonds. The minimum Gasteiger partial charge on any atom is -0.394 e. The van der Waals surface area contributed by atoms with Crippen LogP contribution in [0, 0.1) is 6.92 Å². The molecule has 0 bridgehead atoms. The summed E-state index contributed by atoms with van der Waals surface area (Å²) < 4.78 is 25.1. The Morgan fingerprint density at radius 2 is 1.52 bits per heavy atom. The van der Waals surface area contributed by atoms with Gasteiger partial charge in [-0.1, -0.05) is 73.5 Å². The maximum atomic E-state index is 10.6. The van der Waals surface area contributed by atoms with Crippen LogP contribution in [0.4, 0.5) is 0 Å². The molecular formula is C27H34O6. The minimum absolute atomic E-state index is 0.341. The zero-order valence-corrected chi connectivity index (χ0v) is 19.3. The van der Waals surface area contributed by atoms with E-state index in [1.807, 2.05) is 43.3 Å². The summed E-state index contributed by atoms with van der Waals surface area (Å²) in [5, 5.41) is 20.4. The van der Waals surface area contributed by atoms with Gasteiger partial charge in [0.25, 0.3) is 0 Å². The molecule has 4 rings (SSSR count). The van der Waals surface area contributed by atoms with Crippen LogP contribution in [0.15, 0.2) is 61.2 Å². The minimum atomic E-state index is -1.12. The number of fused-ring (bicyclic) bond motifs is 1. The first-order valence-electron chi connectivity index (χ1n) is 11.7. The highest BCUT2D eigenvalue weighted by molar-refractivity contribution is 5.25. The molecule has 7 atom stereocenters. The average molecular weight is 455 g/mol. The molecule has 2 heterocycles. The van der Waals surface area contributed by atoms with Crippen LogP contribution < -0.4 is 0 Å². The van der Waals surface area contributed by atoms with Gasteiger partial charge < -0.3 is 29.2 Å². The summed E-state index contributed by atoms with van der Waals surface area (Å²) >= 11 is 0. The molecule has 0 saturated carbocycles. The Kier molecular flexibility index (Phi) is 7.96. The van der Waals surface area contributed by atoms with Crippen LogP contribution in [0.1, 0.15) is 54.6 Å². The van der Waals surface area contributed by atoms with Crippen LogP contribution >= 0.6 is 0 Å². The lowest BCUT2D eigenvalue weighted by Gasteiger charge is -2.50. The van der Waals surface area contributed by atoms with Gasteiger partial charge in [-0.25, -0.2) is 0 Å². The summed E-state index contributed by atoms with van der Waals surface area (Å²) in [5.41, 5.74) is 4.11. The van der Waals surface area contributed by atoms with Crippen molar-refractivity contribution < 1.29 is 29.2 Å². The van der Waals surface area contributed by atoms with Crippen LogP contribution in [0.25, 0.3) is 0 Å². The zero-order valence-electron chi connectivity index (χ0n) is 19.3. The molecule has 2 fully saturated rings. The first kappa shape index (κ1) is 24.1. The van der Waals surface area contributed by atoms with Crippen molar-refractivity contribution in [2.24, 2.45) is 0 Å². The summed E-state index contributed by atoms with van der Waals surface area (Å²) in [7, 11) is 0. The van der Waals surface area contributed by atoms with Gasteiger partial charge in [-0.3, -0.25) is 0 Å². The molecule has 0 aliphatic carbocycles. The molecule has 6 heteroatoms. The number of rotatable bonds is 8. The maximum absolute atomic E-state index is 10.6. The molecule has 2 N–H and O–H groups in total. The molecule has 0 spiro atoms. The first-order valence-corrected chi connectivity index (χ1v) is 11.7. The first-order chi connectivity index (χ1) is 16.0. The second kappa shape index (κ2) is 10.9. The van der Waals surface area contributed by atoms with Gasteiger partial charge >= 0.3 is 0 Å². The molecular weight excluding hydrogens is 420 g/mol. The highest BCUT2D eigenvalue weighted by Crippen LogP contribution is 2.42. The Labute approximate surface area is 195 Å². The van der Waals surface area contributed by atoms with Crippen molar-refractivity contribution in [2.45, 2.75) is 76.2 Å². The van der Waals surface area contributed by atoms with E-state index < -0.39 is 43.6 Å². The lowest BCUT2D eigenvalue weighted by atomic mass is 9.93. The molecule has 6 nitrogen and oxygen atoms in total. The fourth-order valence-corrected chi connectivity index (χ4v) is 4.46. The Hall–Kier alpha value is -2.06. The summed E-state index contributed by atoms with van der Waals surface area (Å²) in [4.78, 5) is 0. The van der Waals surface area contributed by atoms with E-state index in [1.165, 1.54) is 5.56 Å². The van der Waals surface area contributed by atoms with Crippen molar-refractivity contribution in [3.63, 3.8) is 0 Å². The lowest BCUT2D eigenvalue weighted by Crippen LogP contribution is -2.61. The Morgan fingerprint density at radius 1 is 0.909 bits per heavy atom. The van der Waals surface area contributed by atoms with Crippen molar-refractivity contribution in [1.82, 2.24) is 0 Å². The number of benzene rings is 2. The third-order valence-corrected chi connectivity index (χ3v) is 6.26. The SMILES string of the molecule is C=CCC1OC(c2ccc(C)cc2)OC2C(C(O)CO)OC(c3ccc(CCC)cc3)OC12. The monoisotopic (exact) mass is 454 g/mol. The Bertz CT molecular complexity index is 896.